The first-order valence-electron chi connectivity index (χ1n) is 6.05. The second kappa shape index (κ2) is 7.24. The van der Waals surface area contributed by atoms with Crippen LogP contribution < -0.4 is 5.32 Å². The van der Waals surface area contributed by atoms with Crippen LogP contribution in [0.5, 0.6) is 0 Å². The van der Waals surface area contributed by atoms with E-state index in [-0.39, 0.29) is 0 Å². The predicted molar refractivity (Wildman–Crippen MR) is 60.5 cm³/mol. The first kappa shape index (κ1) is 12.0. The van der Waals surface area contributed by atoms with Crippen molar-refractivity contribution in [2.75, 3.05) is 20.3 Å². The maximum Gasteiger partial charge on any atom is 0.0462 e. The van der Waals surface area contributed by atoms with Gasteiger partial charge >= 0.3 is 0 Å². The molecule has 2 nitrogen and oxygen atoms in total. The summed E-state index contributed by atoms with van der Waals surface area (Å²) in [5, 5.41) is 3.65. The zero-order valence-corrected chi connectivity index (χ0v) is 9.72. The number of hydrogen-bond donors (Lipinski definition) is 1. The molecule has 1 aliphatic carbocycles. The fourth-order valence-electron chi connectivity index (χ4n) is 2.25. The van der Waals surface area contributed by atoms with Gasteiger partial charge in [0, 0.05) is 19.8 Å². The van der Waals surface area contributed by atoms with Gasteiger partial charge in [0.25, 0.3) is 0 Å². The van der Waals surface area contributed by atoms with E-state index < -0.39 is 0 Å². The van der Waals surface area contributed by atoms with Gasteiger partial charge in [0.05, 0.1) is 0 Å². The van der Waals surface area contributed by atoms with Crippen LogP contribution in [0.15, 0.2) is 0 Å². The minimum atomic E-state index is 0.812. The fourth-order valence-corrected chi connectivity index (χ4v) is 2.25. The van der Waals surface area contributed by atoms with Crippen LogP contribution in [-0.2, 0) is 4.74 Å². The molecule has 0 aliphatic heterocycles. The lowest BCUT2D eigenvalue weighted by Crippen LogP contribution is -2.27. The summed E-state index contributed by atoms with van der Waals surface area (Å²) in [6.45, 7) is 4.47. The van der Waals surface area contributed by atoms with Crippen LogP contribution >= 0.6 is 0 Å². The summed E-state index contributed by atoms with van der Waals surface area (Å²) in [5.74, 6) is 0.945. The molecule has 14 heavy (non-hydrogen) atoms. The van der Waals surface area contributed by atoms with E-state index in [0.29, 0.717) is 0 Å². The zero-order chi connectivity index (χ0) is 10.2. The maximum atomic E-state index is 5.02. The molecule has 2 heteroatoms. The normalized spacial score (nSPS) is 27.0. The number of nitrogens with one attached hydrogen (secondary N) is 1. The molecule has 1 fully saturated rings. The summed E-state index contributed by atoms with van der Waals surface area (Å²) in [6, 6.07) is 0.812. The van der Waals surface area contributed by atoms with Crippen molar-refractivity contribution in [3.8, 4) is 0 Å². The van der Waals surface area contributed by atoms with Crippen molar-refractivity contribution >= 4 is 0 Å². The third-order valence-electron chi connectivity index (χ3n) is 3.15. The third kappa shape index (κ3) is 4.97. The lowest BCUT2D eigenvalue weighted by Gasteiger charge is -2.11. The molecule has 0 spiro atoms. The van der Waals surface area contributed by atoms with Crippen molar-refractivity contribution in [3.63, 3.8) is 0 Å². The Morgan fingerprint density at radius 2 is 2.07 bits per heavy atom. The summed E-state index contributed by atoms with van der Waals surface area (Å²) in [5.41, 5.74) is 0. The van der Waals surface area contributed by atoms with Crippen LogP contribution in [0.4, 0.5) is 0 Å². The molecule has 84 valence electrons. The Labute approximate surface area is 88.4 Å². The quantitative estimate of drug-likeness (QED) is 0.636. The van der Waals surface area contributed by atoms with E-state index in [1.807, 2.05) is 0 Å². The van der Waals surface area contributed by atoms with Crippen LogP contribution in [-0.4, -0.2) is 26.3 Å². The van der Waals surface area contributed by atoms with Crippen molar-refractivity contribution in [2.45, 2.75) is 51.5 Å². The number of rotatable bonds is 7. The first-order chi connectivity index (χ1) is 6.83. The van der Waals surface area contributed by atoms with Crippen molar-refractivity contribution in [3.05, 3.63) is 0 Å². The monoisotopic (exact) mass is 199 g/mol. The average molecular weight is 199 g/mol. The highest BCUT2D eigenvalue weighted by molar-refractivity contribution is 4.77. The van der Waals surface area contributed by atoms with E-state index >= 15 is 0 Å². The first-order valence-corrected chi connectivity index (χ1v) is 6.05. The topological polar surface area (TPSA) is 21.3 Å². The molecule has 1 N–H and O–H groups in total. The predicted octanol–water partition coefficient (Wildman–Crippen LogP) is 2.58. The Hall–Kier alpha value is -0.0800. The molecule has 0 aromatic heterocycles. The number of unbranched alkanes of at least 4 members (excludes halogenated alkanes) is 2. The van der Waals surface area contributed by atoms with Gasteiger partial charge in [-0.05, 0) is 51.0 Å². The summed E-state index contributed by atoms with van der Waals surface area (Å²) >= 11 is 0. The van der Waals surface area contributed by atoms with Gasteiger partial charge in [-0.2, -0.15) is 0 Å². The Morgan fingerprint density at radius 1 is 1.21 bits per heavy atom. The van der Waals surface area contributed by atoms with Gasteiger partial charge in [-0.3, -0.25) is 0 Å². The van der Waals surface area contributed by atoms with Crippen molar-refractivity contribution < 1.29 is 4.74 Å². The van der Waals surface area contributed by atoms with Gasteiger partial charge in [0.1, 0.15) is 0 Å². The zero-order valence-electron chi connectivity index (χ0n) is 9.72. The van der Waals surface area contributed by atoms with Crippen LogP contribution in [0.25, 0.3) is 0 Å². The molecule has 0 saturated heterocycles. The molecule has 1 saturated carbocycles. The smallest absolute Gasteiger partial charge is 0.0462 e. The van der Waals surface area contributed by atoms with Crippen LogP contribution in [0.3, 0.4) is 0 Å². The van der Waals surface area contributed by atoms with Gasteiger partial charge < -0.3 is 10.1 Å². The Kier molecular flexibility index (Phi) is 6.20. The van der Waals surface area contributed by atoms with Crippen molar-refractivity contribution in [1.82, 2.24) is 5.32 Å². The Balaban J connectivity index is 1.84. The Morgan fingerprint density at radius 3 is 2.71 bits per heavy atom. The van der Waals surface area contributed by atoms with Crippen LogP contribution in [0.1, 0.15) is 45.4 Å². The van der Waals surface area contributed by atoms with Crippen LogP contribution in [0.2, 0.25) is 0 Å². The number of hydrogen-bond acceptors (Lipinski definition) is 2. The highest BCUT2D eigenvalue weighted by Crippen LogP contribution is 2.24. The molecule has 2 unspecified atom stereocenters. The summed E-state index contributed by atoms with van der Waals surface area (Å²) in [7, 11) is 1.78. The van der Waals surface area contributed by atoms with E-state index in [0.717, 1.165) is 18.6 Å². The van der Waals surface area contributed by atoms with E-state index in [1.165, 1.54) is 45.1 Å². The minimum absolute atomic E-state index is 0.812. The number of ether oxygens (including phenoxy) is 1. The summed E-state index contributed by atoms with van der Waals surface area (Å²) in [4.78, 5) is 0. The van der Waals surface area contributed by atoms with Crippen molar-refractivity contribution in [1.29, 1.82) is 0 Å². The minimum Gasteiger partial charge on any atom is -0.385 e. The largest absolute Gasteiger partial charge is 0.385 e. The van der Waals surface area contributed by atoms with Gasteiger partial charge in [0.2, 0.25) is 0 Å². The van der Waals surface area contributed by atoms with Gasteiger partial charge in [0.15, 0.2) is 0 Å². The fraction of sp³-hybridized carbons (Fsp3) is 1.00. The summed E-state index contributed by atoms with van der Waals surface area (Å²) in [6.07, 6.45) is 8.00. The van der Waals surface area contributed by atoms with Gasteiger partial charge in [-0.25, -0.2) is 0 Å². The van der Waals surface area contributed by atoms with E-state index in [1.54, 1.807) is 7.11 Å². The highest BCUT2D eigenvalue weighted by atomic mass is 16.5. The lowest BCUT2D eigenvalue weighted by molar-refractivity contribution is 0.192. The molecular formula is C12H25NO. The summed E-state index contributed by atoms with van der Waals surface area (Å²) < 4.78 is 5.02. The average Bonchev–Trinajstić information content (AvgIpc) is 2.58. The van der Waals surface area contributed by atoms with Crippen molar-refractivity contribution in [2.24, 2.45) is 5.92 Å². The lowest BCUT2D eigenvalue weighted by atomic mass is 10.1. The molecule has 0 aromatic rings. The molecular weight excluding hydrogens is 174 g/mol. The van der Waals surface area contributed by atoms with Gasteiger partial charge in [-0.15, -0.1) is 0 Å². The van der Waals surface area contributed by atoms with Crippen LogP contribution in [0, 0.1) is 5.92 Å². The number of methoxy groups -OCH3 is 1. The molecule has 0 aromatic carbocycles. The highest BCUT2D eigenvalue weighted by Gasteiger charge is 2.19. The molecule has 0 heterocycles. The third-order valence-corrected chi connectivity index (χ3v) is 3.15. The molecule has 0 amide bonds. The second-order valence-electron chi connectivity index (χ2n) is 4.62. The molecule has 0 radical (unpaired) electrons. The molecule has 0 bridgehead atoms. The van der Waals surface area contributed by atoms with Gasteiger partial charge in [-0.1, -0.05) is 6.92 Å². The SMILES string of the molecule is COCCCCCNC1CCC(C)C1. The maximum absolute atomic E-state index is 5.02. The standard InChI is InChI=1S/C12H25NO/c1-11-6-7-12(10-11)13-8-4-3-5-9-14-2/h11-13H,3-10H2,1-2H3. The van der Waals surface area contributed by atoms with E-state index in [2.05, 4.69) is 12.2 Å². The second-order valence-corrected chi connectivity index (χ2v) is 4.62. The Bertz CT molecular complexity index is 138. The molecule has 1 aliphatic rings. The van der Waals surface area contributed by atoms with E-state index in [4.69, 9.17) is 4.74 Å². The molecule has 1 rings (SSSR count). The molecule has 2 atom stereocenters. The van der Waals surface area contributed by atoms with E-state index in [9.17, 15) is 0 Å².